The zero-order valence-electron chi connectivity index (χ0n) is 7.06. The van der Waals surface area contributed by atoms with E-state index in [0.29, 0.717) is 0 Å². The van der Waals surface area contributed by atoms with Crippen molar-refractivity contribution in [3.63, 3.8) is 0 Å². The fraction of sp³-hybridized carbons (Fsp3) is 0.778. The lowest BCUT2D eigenvalue weighted by Crippen LogP contribution is -2.29. The number of nitrogens with zero attached hydrogens (tertiary/aromatic N) is 1. The second-order valence-corrected chi connectivity index (χ2v) is 3.12. The first-order valence-corrected chi connectivity index (χ1v) is 4.21. The molecule has 1 rings (SSSR count). The maximum absolute atomic E-state index is 2.52. The average molecular weight is 139 g/mol. The second-order valence-electron chi connectivity index (χ2n) is 3.12. The third-order valence-electron chi connectivity index (χ3n) is 1.95. The highest BCUT2D eigenvalue weighted by atomic mass is 15.1. The van der Waals surface area contributed by atoms with E-state index in [-0.39, 0.29) is 0 Å². The van der Waals surface area contributed by atoms with Crippen LogP contribution in [0.3, 0.4) is 0 Å². The molecule has 0 radical (unpaired) electrons. The maximum atomic E-state index is 2.52. The van der Waals surface area contributed by atoms with Gasteiger partial charge in [-0.05, 0) is 26.3 Å². The predicted octanol–water partition coefficient (Wildman–Crippen LogP) is 2.05. The molecular formula is C9H17N. The Morgan fingerprint density at radius 1 is 1.60 bits per heavy atom. The van der Waals surface area contributed by atoms with E-state index < -0.39 is 0 Å². The summed E-state index contributed by atoms with van der Waals surface area (Å²) in [5.41, 5.74) is 1.54. The molecule has 1 heterocycles. The molecule has 0 bridgehead atoms. The smallest absolute Gasteiger partial charge is 0.0190 e. The Labute approximate surface area is 63.7 Å². The summed E-state index contributed by atoms with van der Waals surface area (Å²) in [5, 5.41) is 0. The molecule has 1 aliphatic heterocycles. The summed E-state index contributed by atoms with van der Waals surface area (Å²) in [6.45, 7) is 8.21. The minimum Gasteiger partial charge on any atom is -0.299 e. The Bertz CT molecular complexity index is 127. The molecular weight excluding hydrogens is 122 g/mol. The van der Waals surface area contributed by atoms with Crippen LogP contribution >= 0.6 is 0 Å². The van der Waals surface area contributed by atoms with E-state index in [1.165, 1.54) is 32.5 Å². The van der Waals surface area contributed by atoms with E-state index in [1.54, 1.807) is 5.57 Å². The summed E-state index contributed by atoms with van der Waals surface area (Å²) in [6, 6.07) is 0. The number of rotatable bonds is 2. The fourth-order valence-electron chi connectivity index (χ4n) is 1.50. The summed E-state index contributed by atoms with van der Waals surface area (Å²) in [5.74, 6) is 0. The van der Waals surface area contributed by atoms with Crippen LogP contribution in [-0.2, 0) is 0 Å². The zero-order valence-corrected chi connectivity index (χ0v) is 7.06. The summed E-state index contributed by atoms with van der Waals surface area (Å²) in [7, 11) is 0. The van der Waals surface area contributed by atoms with E-state index in [4.69, 9.17) is 0 Å². The van der Waals surface area contributed by atoms with E-state index in [2.05, 4.69) is 24.8 Å². The van der Waals surface area contributed by atoms with Crippen molar-refractivity contribution in [3.8, 4) is 0 Å². The summed E-state index contributed by atoms with van der Waals surface area (Å²) >= 11 is 0. The van der Waals surface area contributed by atoms with E-state index in [9.17, 15) is 0 Å². The van der Waals surface area contributed by atoms with E-state index >= 15 is 0 Å². The normalized spacial score (nSPS) is 20.8. The first kappa shape index (κ1) is 7.80. The molecule has 0 amide bonds. The van der Waals surface area contributed by atoms with Gasteiger partial charge >= 0.3 is 0 Å². The molecule has 0 fully saturated rings. The lowest BCUT2D eigenvalue weighted by atomic mass is 10.1. The van der Waals surface area contributed by atoms with Crippen LogP contribution in [0.2, 0.25) is 0 Å². The van der Waals surface area contributed by atoms with Crippen molar-refractivity contribution in [1.29, 1.82) is 0 Å². The molecule has 0 aromatic heterocycles. The van der Waals surface area contributed by atoms with Gasteiger partial charge in [0.25, 0.3) is 0 Å². The van der Waals surface area contributed by atoms with Gasteiger partial charge in [0, 0.05) is 13.1 Å². The second kappa shape index (κ2) is 3.77. The standard InChI is InChI=1S/C9H17N/c1-3-6-10-7-4-5-9(2)8-10/h5H,3-4,6-8H2,1-2H3. The first-order valence-electron chi connectivity index (χ1n) is 4.21. The van der Waals surface area contributed by atoms with Crippen molar-refractivity contribution in [2.24, 2.45) is 0 Å². The van der Waals surface area contributed by atoms with Crippen LogP contribution < -0.4 is 0 Å². The van der Waals surface area contributed by atoms with E-state index in [1.807, 2.05) is 0 Å². The lowest BCUT2D eigenvalue weighted by Gasteiger charge is -2.24. The van der Waals surface area contributed by atoms with Gasteiger partial charge in [-0.2, -0.15) is 0 Å². The van der Waals surface area contributed by atoms with Gasteiger partial charge in [0.05, 0.1) is 0 Å². The largest absolute Gasteiger partial charge is 0.299 e. The Kier molecular flexibility index (Phi) is 2.94. The quantitative estimate of drug-likeness (QED) is 0.529. The van der Waals surface area contributed by atoms with Gasteiger partial charge in [0.2, 0.25) is 0 Å². The number of hydrogen-bond acceptors (Lipinski definition) is 1. The van der Waals surface area contributed by atoms with Crippen LogP contribution in [0.5, 0.6) is 0 Å². The van der Waals surface area contributed by atoms with Crippen LogP contribution in [0.4, 0.5) is 0 Å². The number of hydrogen-bond donors (Lipinski definition) is 0. The highest BCUT2D eigenvalue weighted by Crippen LogP contribution is 2.08. The van der Waals surface area contributed by atoms with Crippen molar-refractivity contribution in [1.82, 2.24) is 4.90 Å². The van der Waals surface area contributed by atoms with Crippen molar-refractivity contribution in [2.75, 3.05) is 19.6 Å². The Hall–Kier alpha value is -0.300. The molecule has 0 N–H and O–H groups in total. The molecule has 10 heavy (non-hydrogen) atoms. The van der Waals surface area contributed by atoms with Crippen LogP contribution in [0.25, 0.3) is 0 Å². The molecule has 0 spiro atoms. The zero-order chi connectivity index (χ0) is 7.40. The van der Waals surface area contributed by atoms with Crippen molar-refractivity contribution in [2.45, 2.75) is 26.7 Å². The maximum Gasteiger partial charge on any atom is 0.0190 e. The third kappa shape index (κ3) is 2.14. The van der Waals surface area contributed by atoms with E-state index in [0.717, 1.165) is 0 Å². The van der Waals surface area contributed by atoms with Gasteiger partial charge in [0.15, 0.2) is 0 Å². The predicted molar refractivity (Wildman–Crippen MR) is 45.1 cm³/mol. The molecule has 0 aromatic rings. The van der Waals surface area contributed by atoms with Gasteiger partial charge in [0.1, 0.15) is 0 Å². The Balaban J connectivity index is 2.30. The summed E-state index contributed by atoms with van der Waals surface area (Å²) in [6.07, 6.45) is 4.89. The van der Waals surface area contributed by atoms with Crippen molar-refractivity contribution in [3.05, 3.63) is 11.6 Å². The highest BCUT2D eigenvalue weighted by molar-refractivity contribution is 5.04. The van der Waals surface area contributed by atoms with Gasteiger partial charge in [-0.15, -0.1) is 0 Å². The van der Waals surface area contributed by atoms with Crippen molar-refractivity contribution >= 4 is 0 Å². The summed E-state index contributed by atoms with van der Waals surface area (Å²) < 4.78 is 0. The van der Waals surface area contributed by atoms with Gasteiger partial charge < -0.3 is 0 Å². The van der Waals surface area contributed by atoms with Gasteiger partial charge in [-0.1, -0.05) is 18.6 Å². The molecule has 0 unspecified atom stereocenters. The first-order chi connectivity index (χ1) is 4.83. The summed E-state index contributed by atoms with van der Waals surface area (Å²) in [4.78, 5) is 2.52. The van der Waals surface area contributed by atoms with Crippen LogP contribution in [0.15, 0.2) is 11.6 Å². The van der Waals surface area contributed by atoms with Crippen LogP contribution in [0, 0.1) is 0 Å². The average Bonchev–Trinajstić information content (AvgIpc) is 1.88. The third-order valence-corrected chi connectivity index (χ3v) is 1.95. The SMILES string of the molecule is CCCN1CCC=C(C)C1. The molecule has 0 aromatic carbocycles. The minimum atomic E-state index is 1.20. The van der Waals surface area contributed by atoms with Gasteiger partial charge in [-0.25, -0.2) is 0 Å². The van der Waals surface area contributed by atoms with Gasteiger partial charge in [-0.3, -0.25) is 4.90 Å². The molecule has 1 aliphatic rings. The molecule has 0 aliphatic carbocycles. The molecule has 1 heteroatoms. The lowest BCUT2D eigenvalue weighted by molar-refractivity contribution is 0.291. The fourth-order valence-corrected chi connectivity index (χ4v) is 1.50. The van der Waals surface area contributed by atoms with Crippen molar-refractivity contribution < 1.29 is 0 Å². The Morgan fingerprint density at radius 3 is 3.00 bits per heavy atom. The Morgan fingerprint density at radius 2 is 2.40 bits per heavy atom. The molecule has 0 atom stereocenters. The molecule has 0 saturated carbocycles. The highest BCUT2D eigenvalue weighted by Gasteiger charge is 2.07. The molecule has 1 nitrogen and oxygen atoms in total. The molecule has 58 valence electrons. The monoisotopic (exact) mass is 139 g/mol. The minimum absolute atomic E-state index is 1.20. The van der Waals surface area contributed by atoms with Crippen LogP contribution in [0.1, 0.15) is 26.7 Å². The van der Waals surface area contributed by atoms with Crippen LogP contribution in [-0.4, -0.2) is 24.5 Å². The topological polar surface area (TPSA) is 3.24 Å². The molecule has 0 saturated heterocycles.